The standard InChI is InChI=1S/C18H21ClN4O3S/c1-27(2,3)10-9-26-12-22-8-7-15-16(20-18(19)21-17(15)22)13-5-4-6-14(11-13)23(24)25/h4-8,11H,9-10,12H2,1-3H3. The second-order valence-electron chi connectivity index (χ2n) is 7.00. The zero-order valence-corrected chi connectivity index (χ0v) is 17.0. The molecular weight excluding hydrogens is 388 g/mol. The van der Waals surface area contributed by atoms with Crippen LogP contribution in [0, 0.1) is 10.1 Å². The molecule has 0 fully saturated rings. The second-order valence-corrected chi connectivity index (χ2v) is 11.9. The number of fused-ring (bicyclic) bond motifs is 1. The van der Waals surface area contributed by atoms with Crippen LogP contribution in [0.25, 0.3) is 22.3 Å². The van der Waals surface area contributed by atoms with Gasteiger partial charge in [-0.1, -0.05) is 12.1 Å². The van der Waals surface area contributed by atoms with Crippen molar-refractivity contribution in [3.63, 3.8) is 0 Å². The molecule has 0 aliphatic carbocycles. The first-order chi connectivity index (χ1) is 12.7. The number of nitro groups is 1. The Balaban J connectivity index is 1.91. The smallest absolute Gasteiger partial charge is 0.270 e. The molecule has 3 rings (SSSR count). The Hall–Kier alpha value is -2.16. The molecule has 0 spiro atoms. The van der Waals surface area contributed by atoms with Crippen molar-refractivity contribution in [2.24, 2.45) is 0 Å². The van der Waals surface area contributed by atoms with Gasteiger partial charge in [0.05, 0.1) is 17.2 Å². The van der Waals surface area contributed by atoms with Crippen LogP contribution < -0.4 is 0 Å². The van der Waals surface area contributed by atoms with E-state index < -0.39 is 15.0 Å². The molecule has 2 heterocycles. The molecular formula is C18H21ClN4O3S. The predicted octanol–water partition coefficient (Wildman–Crippen LogP) is 4.33. The van der Waals surface area contributed by atoms with Gasteiger partial charge in [0, 0.05) is 35.0 Å². The Morgan fingerprint density at radius 1 is 1.26 bits per heavy atom. The molecule has 1 aromatic carbocycles. The zero-order valence-electron chi connectivity index (χ0n) is 15.4. The van der Waals surface area contributed by atoms with Crippen LogP contribution in [0.3, 0.4) is 0 Å². The number of hydrogen-bond acceptors (Lipinski definition) is 5. The van der Waals surface area contributed by atoms with Gasteiger partial charge in [0.2, 0.25) is 5.28 Å². The summed E-state index contributed by atoms with van der Waals surface area (Å²) in [6.07, 6.45) is 8.61. The molecule has 144 valence electrons. The highest BCUT2D eigenvalue weighted by atomic mass is 35.5. The number of nitro benzene ring substituents is 1. The Bertz CT molecular complexity index is 984. The molecule has 0 unspecified atom stereocenters. The van der Waals surface area contributed by atoms with Crippen molar-refractivity contribution in [3.8, 4) is 11.3 Å². The third-order valence-corrected chi connectivity index (χ3v) is 5.55. The van der Waals surface area contributed by atoms with Gasteiger partial charge >= 0.3 is 0 Å². The van der Waals surface area contributed by atoms with Gasteiger partial charge in [-0.15, -0.1) is 0 Å². The normalized spacial score (nSPS) is 12.4. The van der Waals surface area contributed by atoms with E-state index in [-0.39, 0.29) is 11.0 Å². The molecule has 3 aromatic rings. The predicted molar refractivity (Wildman–Crippen MR) is 111 cm³/mol. The van der Waals surface area contributed by atoms with Gasteiger partial charge < -0.3 is 9.30 Å². The van der Waals surface area contributed by atoms with Crippen molar-refractivity contribution in [3.05, 3.63) is 51.9 Å². The summed E-state index contributed by atoms with van der Waals surface area (Å²) in [5, 5.41) is 11.9. The van der Waals surface area contributed by atoms with Crippen LogP contribution >= 0.6 is 21.6 Å². The van der Waals surface area contributed by atoms with E-state index in [1.165, 1.54) is 12.1 Å². The van der Waals surface area contributed by atoms with E-state index in [1.54, 1.807) is 12.1 Å². The first-order valence-electron chi connectivity index (χ1n) is 8.25. The van der Waals surface area contributed by atoms with E-state index in [0.29, 0.717) is 30.2 Å². The Morgan fingerprint density at radius 2 is 2.04 bits per heavy atom. The summed E-state index contributed by atoms with van der Waals surface area (Å²) < 4.78 is 7.65. The molecule has 0 saturated carbocycles. The average Bonchev–Trinajstić information content (AvgIpc) is 3.00. The highest BCUT2D eigenvalue weighted by Gasteiger charge is 2.15. The topological polar surface area (TPSA) is 83.1 Å². The first kappa shape index (κ1) is 19.6. The van der Waals surface area contributed by atoms with E-state index in [4.69, 9.17) is 16.3 Å². The molecule has 0 bridgehead atoms. The fourth-order valence-corrected chi connectivity index (χ4v) is 3.38. The molecule has 0 aliphatic heterocycles. The maximum Gasteiger partial charge on any atom is 0.270 e. The van der Waals surface area contributed by atoms with E-state index in [9.17, 15) is 10.1 Å². The van der Waals surface area contributed by atoms with E-state index in [1.807, 2.05) is 16.8 Å². The van der Waals surface area contributed by atoms with Crippen molar-refractivity contribution in [1.29, 1.82) is 0 Å². The van der Waals surface area contributed by atoms with Crippen LogP contribution in [0.1, 0.15) is 0 Å². The number of benzene rings is 1. The number of nitrogens with zero attached hydrogens (tertiary/aromatic N) is 4. The van der Waals surface area contributed by atoms with Gasteiger partial charge in [-0.3, -0.25) is 10.1 Å². The lowest BCUT2D eigenvalue weighted by atomic mass is 10.1. The Kier molecular flexibility index (Phi) is 5.69. The zero-order chi connectivity index (χ0) is 19.6. The fraction of sp³-hybridized carbons (Fsp3) is 0.333. The van der Waals surface area contributed by atoms with Crippen molar-refractivity contribution in [2.75, 3.05) is 31.1 Å². The molecule has 2 aromatic heterocycles. The molecule has 0 radical (unpaired) electrons. The van der Waals surface area contributed by atoms with Crippen LogP contribution in [0.15, 0.2) is 36.5 Å². The quantitative estimate of drug-likeness (QED) is 0.251. The molecule has 0 atom stereocenters. The van der Waals surface area contributed by atoms with Gasteiger partial charge in [0.1, 0.15) is 12.4 Å². The molecule has 7 nitrogen and oxygen atoms in total. The minimum absolute atomic E-state index is 0.00262. The van der Waals surface area contributed by atoms with Gasteiger partial charge in [0.15, 0.2) is 0 Å². The molecule has 0 saturated heterocycles. The average molecular weight is 409 g/mol. The lowest BCUT2D eigenvalue weighted by molar-refractivity contribution is -0.384. The summed E-state index contributed by atoms with van der Waals surface area (Å²) in [5.74, 6) is 1.03. The fourth-order valence-electron chi connectivity index (χ4n) is 2.60. The number of hydrogen-bond donors (Lipinski definition) is 0. The summed E-state index contributed by atoms with van der Waals surface area (Å²) in [6.45, 7) is 1.04. The summed E-state index contributed by atoms with van der Waals surface area (Å²) in [4.78, 5) is 19.2. The van der Waals surface area contributed by atoms with E-state index in [2.05, 4.69) is 28.7 Å². The second kappa shape index (κ2) is 7.84. The lowest BCUT2D eigenvalue weighted by Gasteiger charge is -2.24. The molecule has 0 N–H and O–H groups in total. The molecule has 27 heavy (non-hydrogen) atoms. The van der Waals surface area contributed by atoms with Crippen molar-refractivity contribution < 1.29 is 9.66 Å². The number of ether oxygens (including phenoxy) is 1. The summed E-state index contributed by atoms with van der Waals surface area (Å²) in [5.41, 5.74) is 1.82. The van der Waals surface area contributed by atoms with Crippen molar-refractivity contribution in [1.82, 2.24) is 14.5 Å². The molecule has 9 heteroatoms. The van der Waals surface area contributed by atoms with Crippen molar-refractivity contribution >= 4 is 38.3 Å². The highest BCUT2D eigenvalue weighted by Crippen LogP contribution is 2.34. The number of rotatable bonds is 7. The highest BCUT2D eigenvalue weighted by molar-refractivity contribution is 8.32. The van der Waals surface area contributed by atoms with Crippen LogP contribution in [0.5, 0.6) is 0 Å². The van der Waals surface area contributed by atoms with Crippen molar-refractivity contribution in [2.45, 2.75) is 6.73 Å². The Labute approximate surface area is 163 Å². The largest absolute Gasteiger partial charge is 0.360 e. The summed E-state index contributed by atoms with van der Waals surface area (Å²) >= 11 is 6.12. The van der Waals surface area contributed by atoms with Gasteiger partial charge in [-0.05, 0) is 36.4 Å². The lowest BCUT2D eigenvalue weighted by Crippen LogP contribution is -2.09. The minimum atomic E-state index is -0.604. The van der Waals surface area contributed by atoms with Crippen LogP contribution in [0.2, 0.25) is 5.28 Å². The third-order valence-electron chi connectivity index (χ3n) is 3.99. The SMILES string of the molecule is CS(C)(C)CCOCn1ccc2c(-c3cccc([N+](=O)[O-])c3)nc(Cl)nc21. The van der Waals surface area contributed by atoms with E-state index >= 15 is 0 Å². The van der Waals surface area contributed by atoms with Gasteiger partial charge in [-0.25, -0.2) is 15.0 Å². The number of halogens is 1. The Morgan fingerprint density at radius 3 is 2.74 bits per heavy atom. The summed E-state index contributed by atoms with van der Waals surface area (Å²) in [6, 6.07) is 8.20. The number of non-ortho nitro benzene ring substituents is 1. The van der Waals surface area contributed by atoms with Crippen LogP contribution in [0.4, 0.5) is 5.69 Å². The van der Waals surface area contributed by atoms with Gasteiger partial charge in [0.25, 0.3) is 5.69 Å². The monoisotopic (exact) mass is 408 g/mol. The molecule has 0 amide bonds. The van der Waals surface area contributed by atoms with Gasteiger partial charge in [-0.2, -0.15) is 4.98 Å². The summed E-state index contributed by atoms with van der Waals surface area (Å²) in [7, 11) is -0.604. The minimum Gasteiger partial charge on any atom is -0.360 e. The van der Waals surface area contributed by atoms with E-state index in [0.717, 1.165) is 11.1 Å². The first-order valence-corrected chi connectivity index (χ1v) is 11.7. The molecule has 0 aliphatic rings. The third kappa shape index (κ3) is 4.77. The van der Waals surface area contributed by atoms with Crippen LogP contribution in [-0.2, 0) is 11.5 Å². The maximum absolute atomic E-state index is 11.1. The van der Waals surface area contributed by atoms with Crippen LogP contribution in [-0.4, -0.2) is 50.6 Å². The maximum atomic E-state index is 11.1. The number of aromatic nitrogens is 3.